The van der Waals surface area contributed by atoms with Gasteiger partial charge in [-0.25, -0.2) is 0 Å². The van der Waals surface area contributed by atoms with Crippen LogP contribution in [0.5, 0.6) is 5.75 Å². The number of ether oxygens (including phenoxy) is 1. The van der Waals surface area contributed by atoms with Crippen LogP contribution in [0.4, 0.5) is 4.39 Å². The zero-order valence-corrected chi connectivity index (χ0v) is 10.3. The number of hydrogen-bond donors (Lipinski definition) is 1. The molecule has 0 atom stereocenters. The first-order valence-electron chi connectivity index (χ1n) is 5.59. The molecule has 0 heterocycles. The van der Waals surface area contributed by atoms with Crippen molar-refractivity contribution >= 4 is 0 Å². The molecule has 1 N–H and O–H groups in total. The lowest BCUT2D eigenvalue weighted by Crippen LogP contribution is -2.15. The Hall–Kier alpha value is -1.09. The number of hydrogen-bond acceptors (Lipinski definition) is 2. The van der Waals surface area contributed by atoms with Gasteiger partial charge in [-0.15, -0.1) is 0 Å². The molecule has 2 nitrogen and oxygen atoms in total. The second-order valence-electron chi connectivity index (χ2n) is 3.98. The predicted molar refractivity (Wildman–Crippen MR) is 64.8 cm³/mol. The van der Waals surface area contributed by atoms with E-state index in [1.54, 1.807) is 7.11 Å². The molecule has 1 rings (SSSR count). The number of benzene rings is 1. The third-order valence-electron chi connectivity index (χ3n) is 2.54. The molecule has 0 bridgehead atoms. The van der Waals surface area contributed by atoms with Crippen LogP contribution in [-0.2, 0) is 6.54 Å². The van der Waals surface area contributed by atoms with Gasteiger partial charge in [0.15, 0.2) is 0 Å². The van der Waals surface area contributed by atoms with E-state index in [1.807, 2.05) is 13.8 Å². The lowest BCUT2D eigenvalue weighted by atomic mass is 10.1. The van der Waals surface area contributed by atoms with Crippen molar-refractivity contribution in [2.75, 3.05) is 20.3 Å². The molecule has 0 saturated carbocycles. The summed E-state index contributed by atoms with van der Waals surface area (Å²) in [6.07, 6.45) is 0.577. The summed E-state index contributed by atoms with van der Waals surface area (Å²) in [6, 6.07) is 4.21. The summed E-state index contributed by atoms with van der Waals surface area (Å²) >= 11 is 0. The van der Waals surface area contributed by atoms with Crippen LogP contribution < -0.4 is 10.1 Å². The minimum absolute atomic E-state index is 0.256. The van der Waals surface area contributed by atoms with E-state index in [9.17, 15) is 4.39 Å². The number of methoxy groups -OCH3 is 1. The van der Waals surface area contributed by atoms with Gasteiger partial charge in [-0.1, -0.05) is 12.1 Å². The van der Waals surface area contributed by atoms with Crippen molar-refractivity contribution in [1.29, 1.82) is 0 Å². The smallest absolute Gasteiger partial charge is 0.124 e. The van der Waals surface area contributed by atoms with E-state index in [0.29, 0.717) is 6.42 Å². The SMILES string of the molecule is COc1c(C)cc(CNCCCF)cc1C. The predicted octanol–water partition coefficient (Wildman–Crippen LogP) is 2.76. The lowest BCUT2D eigenvalue weighted by molar-refractivity contribution is 0.408. The summed E-state index contributed by atoms with van der Waals surface area (Å²) in [5.41, 5.74) is 3.50. The fraction of sp³-hybridized carbons (Fsp3) is 0.538. The minimum atomic E-state index is -0.256. The monoisotopic (exact) mass is 225 g/mol. The van der Waals surface area contributed by atoms with Crippen molar-refractivity contribution in [2.24, 2.45) is 0 Å². The minimum Gasteiger partial charge on any atom is -0.496 e. The van der Waals surface area contributed by atoms with E-state index in [4.69, 9.17) is 4.74 Å². The van der Waals surface area contributed by atoms with Gasteiger partial charge in [0.2, 0.25) is 0 Å². The van der Waals surface area contributed by atoms with Crippen molar-refractivity contribution in [2.45, 2.75) is 26.8 Å². The maximum Gasteiger partial charge on any atom is 0.124 e. The number of alkyl halides is 1. The lowest BCUT2D eigenvalue weighted by Gasteiger charge is -2.11. The molecule has 0 aliphatic heterocycles. The van der Waals surface area contributed by atoms with E-state index in [1.165, 1.54) is 5.56 Å². The zero-order chi connectivity index (χ0) is 12.0. The van der Waals surface area contributed by atoms with Crippen LogP contribution >= 0.6 is 0 Å². The van der Waals surface area contributed by atoms with Gasteiger partial charge in [-0.3, -0.25) is 4.39 Å². The molecule has 0 radical (unpaired) electrons. The van der Waals surface area contributed by atoms with Crippen LogP contribution in [0.25, 0.3) is 0 Å². The van der Waals surface area contributed by atoms with Gasteiger partial charge in [-0.05, 0) is 43.5 Å². The highest BCUT2D eigenvalue weighted by atomic mass is 19.1. The first-order valence-corrected chi connectivity index (χ1v) is 5.59. The first-order chi connectivity index (χ1) is 7.69. The highest BCUT2D eigenvalue weighted by Gasteiger charge is 2.04. The van der Waals surface area contributed by atoms with E-state index < -0.39 is 0 Å². The van der Waals surface area contributed by atoms with Gasteiger partial charge in [0.25, 0.3) is 0 Å². The zero-order valence-electron chi connectivity index (χ0n) is 10.3. The number of aryl methyl sites for hydroxylation is 2. The number of halogens is 1. The van der Waals surface area contributed by atoms with Crippen molar-refractivity contribution in [3.8, 4) is 5.75 Å². The molecule has 0 spiro atoms. The largest absolute Gasteiger partial charge is 0.496 e. The van der Waals surface area contributed by atoms with Crippen LogP contribution in [-0.4, -0.2) is 20.3 Å². The summed E-state index contributed by atoms with van der Waals surface area (Å²) < 4.78 is 17.2. The Kier molecular flexibility index (Phi) is 5.26. The van der Waals surface area contributed by atoms with Crippen molar-refractivity contribution in [3.05, 3.63) is 28.8 Å². The first kappa shape index (κ1) is 13.0. The second-order valence-corrected chi connectivity index (χ2v) is 3.98. The average Bonchev–Trinajstić information content (AvgIpc) is 2.24. The second kappa shape index (κ2) is 6.48. The van der Waals surface area contributed by atoms with Gasteiger partial charge < -0.3 is 10.1 Å². The summed E-state index contributed by atoms with van der Waals surface area (Å²) in [7, 11) is 1.69. The molecule has 0 unspecified atom stereocenters. The van der Waals surface area contributed by atoms with Gasteiger partial charge in [0, 0.05) is 6.54 Å². The van der Waals surface area contributed by atoms with Crippen LogP contribution in [0.15, 0.2) is 12.1 Å². The molecular weight excluding hydrogens is 205 g/mol. The van der Waals surface area contributed by atoms with Crippen LogP contribution in [0.2, 0.25) is 0 Å². The van der Waals surface area contributed by atoms with Crippen LogP contribution in [0.3, 0.4) is 0 Å². The van der Waals surface area contributed by atoms with Gasteiger partial charge >= 0.3 is 0 Å². The van der Waals surface area contributed by atoms with E-state index in [0.717, 1.165) is 30.0 Å². The van der Waals surface area contributed by atoms with Crippen LogP contribution in [0.1, 0.15) is 23.1 Å². The Balaban J connectivity index is 2.61. The third-order valence-corrected chi connectivity index (χ3v) is 2.54. The van der Waals surface area contributed by atoms with Crippen molar-refractivity contribution < 1.29 is 9.13 Å². The Morgan fingerprint density at radius 2 is 1.88 bits per heavy atom. The Morgan fingerprint density at radius 1 is 1.25 bits per heavy atom. The average molecular weight is 225 g/mol. The summed E-state index contributed by atoms with van der Waals surface area (Å²) in [4.78, 5) is 0. The number of rotatable bonds is 6. The Morgan fingerprint density at radius 3 is 2.38 bits per heavy atom. The van der Waals surface area contributed by atoms with E-state index in [-0.39, 0.29) is 6.67 Å². The topological polar surface area (TPSA) is 21.3 Å². The highest BCUT2D eigenvalue weighted by molar-refractivity contribution is 5.43. The quantitative estimate of drug-likeness (QED) is 0.752. The maximum atomic E-state index is 11.9. The van der Waals surface area contributed by atoms with E-state index in [2.05, 4.69) is 17.4 Å². The Labute approximate surface area is 96.8 Å². The highest BCUT2D eigenvalue weighted by Crippen LogP contribution is 2.24. The number of nitrogens with one attached hydrogen (secondary N) is 1. The molecule has 1 aromatic rings. The van der Waals surface area contributed by atoms with Crippen molar-refractivity contribution in [1.82, 2.24) is 5.32 Å². The molecular formula is C13H20FNO. The summed E-state index contributed by atoms with van der Waals surface area (Å²) in [5, 5.41) is 3.21. The molecule has 0 amide bonds. The van der Waals surface area contributed by atoms with E-state index >= 15 is 0 Å². The Bertz CT molecular complexity index is 316. The normalized spacial score (nSPS) is 10.5. The molecule has 0 saturated heterocycles. The van der Waals surface area contributed by atoms with Gasteiger partial charge in [-0.2, -0.15) is 0 Å². The summed E-state index contributed by atoms with van der Waals surface area (Å²) in [6.45, 7) is 5.33. The van der Waals surface area contributed by atoms with Gasteiger partial charge in [0.1, 0.15) is 5.75 Å². The maximum absolute atomic E-state index is 11.9. The summed E-state index contributed by atoms with van der Waals surface area (Å²) in [5.74, 6) is 0.951. The molecule has 0 fully saturated rings. The fourth-order valence-corrected chi connectivity index (χ4v) is 1.89. The molecule has 3 heteroatoms. The molecule has 1 aromatic carbocycles. The molecule has 0 aromatic heterocycles. The molecule has 16 heavy (non-hydrogen) atoms. The van der Waals surface area contributed by atoms with Gasteiger partial charge in [0.05, 0.1) is 13.8 Å². The molecule has 0 aliphatic carbocycles. The van der Waals surface area contributed by atoms with Crippen LogP contribution in [0, 0.1) is 13.8 Å². The van der Waals surface area contributed by atoms with Crippen molar-refractivity contribution in [3.63, 3.8) is 0 Å². The molecule has 0 aliphatic rings. The molecule has 90 valence electrons. The third kappa shape index (κ3) is 3.49. The standard InChI is InChI=1S/C13H20FNO/c1-10-7-12(9-15-6-4-5-14)8-11(2)13(10)16-3/h7-8,15H,4-6,9H2,1-3H3. The fourth-order valence-electron chi connectivity index (χ4n) is 1.89.